The lowest BCUT2D eigenvalue weighted by atomic mass is 9.84. The number of alkyl carbamates (subject to hydrolysis) is 1. The number of carbonyl (C=O) groups excluding carboxylic acids is 3. The van der Waals surface area contributed by atoms with Crippen molar-refractivity contribution < 1.29 is 19.1 Å². The molecular formula is C17H31N3O4. The molecule has 24 heavy (non-hydrogen) atoms. The molecule has 0 spiro atoms. The van der Waals surface area contributed by atoms with Crippen LogP contribution in [0.5, 0.6) is 0 Å². The molecule has 0 aromatic heterocycles. The number of nitrogens with one attached hydrogen (secondary N) is 2. The van der Waals surface area contributed by atoms with E-state index in [-0.39, 0.29) is 0 Å². The third kappa shape index (κ3) is 7.66. The second kappa shape index (κ2) is 8.89. The van der Waals surface area contributed by atoms with Crippen molar-refractivity contribution in [3.8, 4) is 0 Å². The Kier molecular flexibility index (Phi) is 7.51. The van der Waals surface area contributed by atoms with E-state index in [9.17, 15) is 14.4 Å². The molecule has 138 valence electrons. The summed E-state index contributed by atoms with van der Waals surface area (Å²) in [4.78, 5) is 35.6. The molecule has 4 N–H and O–H groups in total. The van der Waals surface area contributed by atoms with Crippen molar-refractivity contribution in [2.75, 3.05) is 0 Å². The maximum atomic E-state index is 12.4. The van der Waals surface area contributed by atoms with Crippen LogP contribution in [-0.4, -0.2) is 35.6 Å². The molecular weight excluding hydrogens is 310 g/mol. The summed E-state index contributed by atoms with van der Waals surface area (Å²) in [5.74, 6) is -0.636. The fourth-order valence-corrected chi connectivity index (χ4v) is 2.82. The van der Waals surface area contributed by atoms with Gasteiger partial charge in [-0.3, -0.25) is 9.59 Å². The van der Waals surface area contributed by atoms with Crippen LogP contribution in [0.15, 0.2) is 0 Å². The van der Waals surface area contributed by atoms with Crippen LogP contribution in [0.4, 0.5) is 4.79 Å². The van der Waals surface area contributed by atoms with Gasteiger partial charge in [0.15, 0.2) is 0 Å². The Labute approximate surface area is 144 Å². The van der Waals surface area contributed by atoms with Crippen LogP contribution in [-0.2, 0) is 14.3 Å². The molecule has 3 amide bonds. The first-order valence-corrected chi connectivity index (χ1v) is 8.67. The summed E-state index contributed by atoms with van der Waals surface area (Å²) < 4.78 is 5.24. The number of primary amides is 1. The van der Waals surface area contributed by atoms with Crippen molar-refractivity contribution in [3.63, 3.8) is 0 Å². The van der Waals surface area contributed by atoms with Crippen molar-refractivity contribution in [1.82, 2.24) is 10.6 Å². The number of hydrogen-bond acceptors (Lipinski definition) is 4. The molecule has 0 saturated heterocycles. The Hall–Kier alpha value is -1.79. The van der Waals surface area contributed by atoms with Crippen LogP contribution in [0.25, 0.3) is 0 Å². The van der Waals surface area contributed by atoms with E-state index in [0.29, 0.717) is 12.3 Å². The summed E-state index contributed by atoms with van der Waals surface area (Å²) in [6.07, 6.45) is 5.50. The van der Waals surface area contributed by atoms with Crippen molar-refractivity contribution in [1.29, 1.82) is 0 Å². The molecule has 0 aromatic carbocycles. The van der Waals surface area contributed by atoms with Gasteiger partial charge in [-0.1, -0.05) is 32.1 Å². The summed E-state index contributed by atoms with van der Waals surface area (Å²) in [7, 11) is 0. The summed E-state index contributed by atoms with van der Waals surface area (Å²) in [6.45, 7) is 6.80. The van der Waals surface area contributed by atoms with Crippen LogP contribution < -0.4 is 16.4 Å². The van der Waals surface area contributed by atoms with Crippen LogP contribution >= 0.6 is 0 Å². The first kappa shape index (κ1) is 20.3. The highest BCUT2D eigenvalue weighted by Crippen LogP contribution is 2.27. The lowest BCUT2D eigenvalue weighted by Crippen LogP contribution is -2.53. The molecule has 0 aromatic rings. The molecule has 0 aliphatic heterocycles. The molecule has 7 heteroatoms. The average Bonchev–Trinajstić information content (AvgIpc) is 2.45. The molecule has 1 fully saturated rings. The minimum Gasteiger partial charge on any atom is -0.444 e. The second-order valence-electron chi connectivity index (χ2n) is 7.57. The number of rotatable bonds is 6. The monoisotopic (exact) mass is 341 g/mol. The summed E-state index contributed by atoms with van der Waals surface area (Å²) in [6, 6.07) is -1.52. The third-order valence-electron chi connectivity index (χ3n) is 4.09. The summed E-state index contributed by atoms with van der Waals surface area (Å²) in [5, 5.41) is 5.19. The average molecular weight is 341 g/mol. The highest BCUT2D eigenvalue weighted by molar-refractivity contribution is 5.90. The molecule has 1 saturated carbocycles. The quantitative estimate of drug-likeness (QED) is 0.684. The van der Waals surface area contributed by atoms with E-state index >= 15 is 0 Å². The molecule has 0 heterocycles. The molecule has 1 aliphatic carbocycles. The minimum absolute atomic E-state index is 0.383. The van der Waals surface area contributed by atoms with Gasteiger partial charge in [-0.15, -0.1) is 0 Å². The highest BCUT2D eigenvalue weighted by Gasteiger charge is 2.29. The molecule has 1 aliphatic rings. The van der Waals surface area contributed by atoms with Gasteiger partial charge in [-0.25, -0.2) is 4.79 Å². The van der Waals surface area contributed by atoms with E-state index in [1.807, 2.05) is 0 Å². The van der Waals surface area contributed by atoms with E-state index in [2.05, 4.69) is 10.6 Å². The topological polar surface area (TPSA) is 111 Å². The van der Waals surface area contributed by atoms with Gasteiger partial charge in [0.25, 0.3) is 0 Å². The maximum Gasteiger partial charge on any atom is 0.408 e. The SMILES string of the molecule is C[C@H](NC(=O)C(CC1CCCCC1)NC(=O)OC(C)(C)C)C(N)=O. The molecule has 7 nitrogen and oxygen atoms in total. The number of hydrogen-bond donors (Lipinski definition) is 3. The van der Waals surface area contributed by atoms with Crippen LogP contribution in [0, 0.1) is 5.92 Å². The summed E-state index contributed by atoms with van der Waals surface area (Å²) >= 11 is 0. The smallest absolute Gasteiger partial charge is 0.408 e. The Morgan fingerprint density at radius 1 is 1.12 bits per heavy atom. The zero-order valence-corrected chi connectivity index (χ0v) is 15.2. The second-order valence-corrected chi connectivity index (χ2v) is 7.57. The van der Waals surface area contributed by atoms with E-state index in [1.165, 1.54) is 13.3 Å². The van der Waals surface area contributed by atoms with Crippen molar-refractivity contribution in [2.45, 2.75) is 83.9 Å². The van der Waals surface area contributed by atoms with Gasteiger partial charge in [0.05, 0.1) is 0 Å². The van der Waals surface area contributed by atoms with Crippen LogP contribution in [0.2, 0.25) is 0 Å². The molecule has 0 radical (unpaired) electrons. The first-order chi connectivity index (χ1) is 11.1. The highest BCUT2D eigenvalue weighted by atomic mass is 16.6. The predicted octanol–water partition coefficient (Wildman–Crippen LogP) is 1.84. The molecule has 2 atom stereocenters. The summed E-state index contributed by atoms with van der Waals surface area (Å²) in [5.41, 5.74) is 4.55. The zero-order valence-electron chi connectivity index (χ0n) is 15.2. The number of nitrogens with two attached hydrogens (primary N) is 1. The Morgan fingerprint density at radius 2 is 1.71 bits per heavy atom. The van der Waals surface area contributed by atoms with Crippen molar-refractivity contribution >= 4 is 17.9 Å². The minimum atomic E-state index is -0.785. The van der Waals surface area contributed by atoms with Gasteiger partial charge in [0, 0.05) is 0 Å². The Balaban J connectivity index is 2.71. The first-order valence-electron chi connectivity index (χ1n) is 8.67. The Bertz CT molecular complexity index is 453. The van der Waals surface area contributed by atoms with Crippen LogP contribution in [0.3, 0.4) is 0 Å². The number of carbonyl (C=O) groups is 3. The van der Waals surface area contributed by atoms with E-state index in [1.54, 1.807) is 20.8 Å². The standard InChI is InChI=1S/C17H31N3O4/c1-11(14(18)21)19-15(22)13(10-12-8-6-5-7-9-12)20-16(23)24-17(2,3)4/h11-13H,5-10H2,1-4H3,(H2,18,21)(H,19,22)(H,20,23)/t11-,13?/m0/s1. The van der Waals surface area contributed by atoms with Gasteiger partial charge in [-0.2, -0.15) is 0 Å². The van der Waals surface area contributed by atoms with Crippen LogP contribution in [0.1, 0.15) is 66.2 Å². The van der Waals surface area contributed by atoms with E-state index < -0.39 is 35.6 Å². The fourth-order valence-electron chi connectivity index (χ4n) is 2.82. The maximum absolute atomic E-state index is 12.4. The number of ether oxygens (including phenoxy) is 1. The molecule has 1 rings (SSSR count). The lowest BCUT2D eigenvalue weighted by Gasteiger charge is -2.28. The normalized spacial score (nSPS) is 18.3. The molecule has 1 unspecified atom stereocenters. The number of amides is 3. The predicted molar refractivity (Wildman–Crippen MR) is 91.1 cm³/mol. The van der Waals surface area contributed by atoms with Gasteiger partial charge in [-0.05, 0) is 40.0 Å². The van der Waals surface area contributed by atoms with E-state index in [4.69, 9.17) is 10.5 Å². The molecule has 0 bridgehead atoms. The fraction of sp³-hybridized carbons (Fsp3) is 0.824. The van der Waals surface area contributed by atoms with Gasteiger partial charge < -0.3 is 21.1 Å². The lowest BCUT2D eigenvalue weighted by molar-refractivity contribution is -0.128. The van der Waals surface area contributed by atoms with E-state index in [0.717, 1.165) is 25.7 Å². The van der Waals surface area contributed by atoms with Gasteiger partial charge in [0.1, 0.15) is 17.7 Å². The third-order valence-corrected chi connectivity index (χ3v) is 4.09. The van der Waals surface area contributed by atoms with Crippen molar-refractivity contribution in [2.24, 2.45) is 11.7 Å². The largest absolute Gasteiger partial charge is 0.444 e. The van der Waals surface area contributed by atoms with Crippen molar-refractivity contribution in [3.05, 3.63) is 0 Å². The Morgan fingerprint density at radius 3 is 2.21 bits per heavy atom. The van der Waals surface area contributed by atoms with Gasteiger partial charge >= 0.3 is 6.09 Å². The van der Waals surface area contributed by atoms with Gasteiger partial charge in [0.2, 0.25) is 11.8 Å². The zero-order chi connectivity index (χ0) is 18.3.